The highest BCUT2D eigenvalue weighted by Gasteiger charge is 2.05. The van der Waals surface area contributed by atoms with E-state index in [2.05, 4.69) is 10.2 Å². The van der Waals surface area contributed by atoms with Crippen LogP contribution in [0.2, 0.25) is 5.02 Å². The predicted octanol–water partition coefficient (Wildman–Crippen LogP) is 2.31. The average Bonchev–Trinajstić information content (AvgIpc) is 2.62. The summed E-state index contributed by atoms with van der Waals surface area (Å²) in [6.45, 7) is 0. The number of nitrogens with two attached hydrogens (primary N) is 1. The molecule has 0 amide bonds. The molecule has 3 nitrogen and oxygen atoms in total. The third-order valence-corrected chi connectivity index (χ3v) is 2.17. The lowest BCUT2D eigenvalue weighted by Gasteiger charge is -2.03. The van der Waals surface area contributed by atoms with Gasteiger partial charge >= 0.3 is 0 Å². The number of nitrogens with one attached hydrogen (secondary N) is 1. The van der Waals surface area contributed by atoms with Gasteiger partial charge in [0.05, 0.1) is 16.4 Å². The molecule has 0 aliphatic carbocycles. The standard InChI is InChI=1S/C9H8ClN3/c10-7-3-1-2-6(9(7)11)8-4-5-12-13-8/h1-5H,11H2,(H,12,13). The minimum atomic E-state index is 0.562. The fraction of sp³-hybridized carbons (Fsp3) is 0. The van der Waals surface area contributed by atoms with Crippen LogP contribution in [-0.4, -0.2) is 10.2 Å². The van der Waals surface area contributed by atoms with Gasteiger partial charge < -0.3 is 5.73 Å². The lowest BCUT2D eigenvalue weighted by molar-refractivity contribution is 1.10. The van der Waals surface area contributed by atoms with Crippen molar-refractivity contribution in [1.29, 1.82) is 0 Å². The third-order valence-electron chi connectivity index (χ3n) is 1.84. The molecule has 0 radical (unpaired) electrons. The normalized spacial score (nSPS) is 10.2. The van der Waals surface area contributed by atoms with E-state index in [4.69, 9.17) is 17.3 Å². The monoisotopic (exact) mass is 193 g/mol. The quantitative estimate of drug-likeness (QED) is 0.683. The maximum atomic E-state index is 5.87. The Morgan fingerprint density at radius 3 is 2.85 bits per heavy atom. The van der Waals surface area contributed by atoms with Crippen molar-refractivity contribution < 1.29 is 0 Å². The summed E-state index contributed by atoms with van der Waals surface area (Å²) in [5.74, 6) is 0. The first-order valence-corrected chi connectivity index (χ1v) is 4.20. The molecule has 2 rings (SSSR count). The number of nitrogens with zero attached hydrogens (tertiary/aromatic N) is 1. The zero-order valence-corrected chi connectivity index (χ0v) is 7.55. The number of halogens is 1. The second kappa shape index (κ2) is 3.11. The van der Waals surface area contributed by atoms with Gasteiger partial charge in [-0.2, -0.15) is 5.10 Å². The van der Waals surface area contributed by atoms with Crippen LogP contribution in [0.5, 0.6) is 0 Å². The summed E-state index contributed by atoms with van der Waals surface area (Å²) in [7, 11) is 0. The van der Waals surface area contributed by atoms with E-state index in [-0.39, 0.29) is 0 Å². The third kappa shape index (κ3) is 1.38. The molecule has 66 valence electrons. The predicted molar refractivity (Wildman–Crippen MR) is 53.4 cm³/mol. The maximum Gasteiger partial charge on any atom is 0.0671 e. The first-order chi connectivity index (χ1) is 6.29. The largest absolute Gasteiger partial charge is 0.397 e. The topological polar surface area (TPSA) is 54.7 Å². The van der Waals surface area contributed by atoms with Crippen LogP contribution in [-0.2, 0) is 0 Å². The van der Waals surface area contributed by atoms with Crippen molar-refractivity contribution in [2.24, 2.45) is 0 Å². The number of anilines is 1. The van der Waals surface area contributed by atoms with E-state index < -0.39 is 0 Å². The Bertz CT molecular complexity index is 409. The Labute approximate surface area is 80.5 Å². The Morgan fingerprint density at radius 2 is 2.15 bits per heavy atom. The Hall–Kier alpha value is -1.48. The molecule has 0 saturated carbocycles. The van der Waals surface area contributed by atoms with E-state index in [1.807, 2.05) is 18.2 Å². The molecule has 3 N–H and O–H groups in total. The van der Waals surface area contributed by atoms with E-state index in [9.17, 15) is 0 Å². The van der Waals surface area contributed by atoms with Crippen LogP contribution in [0.25, 0.3) is 11.3 Å². The summed E-state index contributed by atoms with van der Waals surface area (Å²) in [6, 6.07) is 7.36. The van der Waals surface area contributed by atoms with Crippen molar-refractivity contribution in [1.82, 2.24) is 10.2 Å². The molecule has 1 heterocycles. The minimum Gasteiger partial charge on any atom is -0.397 e. The summed E-state index contributed by atoms with van der Waals surface area (Å²) < 4.78 is 0. The number of aromatic amines is 1. The molecule has 13 heavy (non-hydrogen) atoms. The van der Waals surface area contributed by atoms with Crippen LogP contribution in [0.4, 0.5) is 5.69 Å². The molecular formula is C9H8ClN3. The number of para-hydroxylation sites is 1. The van der Waals surface area contributed by atoms with Gasteiger partial charge in [0.25, 0.3) is 0 Å². The highest BCUT2D eigenvalue weighted by Crippen LogP contribution is 2.29. The van der Waals surface area contributed by atoms with Gasteiger partial charge in [0.2, 0.25) is 0 Å². The Morgan fingerprint density at radius 1 is 1.31 bits per heavy atom. The molecule has 0 unspecified atom stereocenters. The van der Waals surface area contributed by atoms with Gasteiger partial charge in [0, 0.05) is 11.8 Å². The number of benzene rings is 1. The molecule has 0 fully saturated rings. The van der Waals surface area contributed by atoms with E-state index in [0.29, 0.717) is 10.7 Å². The number of hydrogen-bond acceptors (Lipinski definition) is 2. The second-order valence-electron chi connectivity index (χ2n) is 2.67. The SMILES string of the molecule is Nc1c(Cl)cccc1-c1ccn[nH]1. The maximum absolute atomic E-state index is 5.87. The molecule has 2 aromatic rings. The lowest BCUT2D eigenvalue weighted by Crippen LogP contribution is -1.90. The Balaban J connectivity index is 2.59. The highest BCUT2D eigenvalue weighted by molar-refractivity contribution is 6.33. The summed E-state index contributed by atoms with van der Waals surface area (Å²) >= 11 is 5.87. The molecule has 0 aliphatic heterocycles. The number of H-pyrrole nitrogens is 1. The molecule has 1 aromatic carbocycles. The van der Waals surface area contributed by atoms with Crippen LogP contribution >= 0.6 is 11.6 Å². The van der Waals surface area contributed by atoms with Gasteiger partial charge in [-0.15, -0.1) is 0 Å². The van der Waals surface area contributed by atoms with E-state index in [0.717, 1.165) is 11.3 Å². The van der Waals surface area contributed by atoms with Gasteiger partial charge in [-0.3, -0.25) is 5.10 Å². The van der Waals surface area contributed by atoms with Gasteiger partial charge in [-0.05, 0) is 12.1 Å². The van der Waals surface area contributed by atoms with Gasteiger partial charge in [-0.1, -0.05) is 23.7 Å². The fourth-order valence-electron chi connectivity index (χ4n) is 1.18. The lowest BCUT2D eigenvalue weighted by atomic mass is 10.1. The average molecular weight is 194 g/mol. The van der Waals surface area contributed by atoms with Crippen molar-refractivity contribution in [2.75, 3.05) is 5.73 Å². The Kier molecular flexibility index (Phi) is 1.94. The molecule has 4 heteroatoms. The van der Waals surface area contributed by atoms with Crippen molar-refractivity contribution in [2.45, 2.75) is 0 Å². The molecule has 0 bridgehead atoms. The van der Waals surface area contributed by atoms with E-state index >= 15 is 0 Å². The van der Waals surface area contributed by atoms with Crippen LogP contribution in [0, 0.1) is 0 Å². The highest BCUT2D eigenvalue weighted by atomic mass is 35.5. The smallest absolute Gasteiger partial charge is 0.0671 e. The summed E-state index contributed by atoms with van der Waals surface area (Å²) in [5, 5.41) is 7.24. The first-order valence-electron chi connectivity index (χ1n) is 3.83. The number of hydrogen-bond donors (Lipinski definition) is 2. The zero-order chi connectivity index (χ0) is 9.26. The molecule has 0 atom stereocenters. The van der Waals surface area contributed by atoms with Crippen molar-refractivity contribution in [3.05, 3.63) is 35.5 Å². The molecular weight excluding hydrogens is 186 g/mol. The molecule has 0 aliphatic rings. The zero-order valence-electron chi connectivity index (χ0n) is 6.79. The first kappa shape index (κ1) is 8.13. The van der Waals surface area contributed by atoms with Crippen LogP contribution in [0.3, 0.4) is 0 Å². The van der Waals surface area contributed by atoms with Crippen molar-refractivity contribution in [3.8, 4) is 11.3 Å². The number of nitrogen functional groups attached to an aromatic ring is 1. The fourth-order valence-corrected chi connectivity index (χ4v) is 1.35. The van der Waals surface area contributed by atoms with Gasteiger partial charge in [0.1, 0.15) is 0 Å². The van der Waals surface area contributed by atoms with Crippen LogP contribution in [0.1, 0.15) is 0 Å². The van der Waals surface area contributed by atoms with Crippen LogP contribution in [0.15, 0.2) is 30.5 Å². The molecule has 0 spiro atoms. The van der Waals surface area contributed by atoms with Gasteiger partial charge in [0.15, 0.2) is 0 Å². The van der Waals surface area contributed by atoms with Gasteiger partial charge in [-0.25, -0.2) is 0 Å². The number of aromatic nitrogens is 2. The second-order valence-corrected chi connectivity index (χ2v) is 3.08. The molecule has 0 saturated heterocycles. The van der Waals surface area contributed by atoms with E-state index in [1.54, 1.807) is 12.3 Å². The van der Waals surface area contributed by atoms with E-state index in [1.165, 1.54) is 0 Å². The van der Waals surface area contributed by atoms with Crippen LogP contribution < -0.4 is 5.73 Å². The summed E-state index contributed by atoms with van der Waals surface area (Å²) in [4.78, 5) is 0. The summed E-state index contributed by atoms with van der Waals surface area (Å²) in [6.07, 6.45) is 1.68. The number of rotatable bonds is 1. The minimum absolute atomic E-state index is 0.562. The molecule has 1 aromatic heterocycles. The van der Waals surface area contributed by atoms with Crippen molar-refractivity contribution >= 4 is 17.3 Å². The summed E-state index contributed by atoms with van der Waals surface area (Å²) in [5.41, 5.74) is 8.13. The van der Waals surface area contributed by atoms with Crippen molar-refractivity contribution in [3.63, 3.8) is 0 Å².